The number of benzene rings is 2. The van der Waals surface area contributed by atoms with Crippen LogP contribution in [0.15, 0.2) is 36.4 Å². The highest BCUT2D eigenvalue weighted by Gasteiger charge is 2.09. The molecule has 0 spiro atoms. The summed E-state index contributed by atoms with van der Waals surface area (Å²) in [5.74, 6) is 0.547. The predicted octanol–water partition coefficient (Wildman–Crippen LogP) is 4.67. The Morgan fingerprint density at radius 1 is 1.05 bits per heavy atom. The highest BCUT2D eigenvalue weighted by Crippen LogP contribution is 2.28. The van der Waals surface area contributed by atoms with Crippen LogP contribution < -0.4 is 14.8 Å². The fraction of sp³-hybridized carbons (Fsp3) is 0.133. The van der Waals surface area contributed by atoms with Crippen LogP contribution in [-0.2, 0) is 4.79 Å². The molecule has 4 nitrogen and oxygen atoms in total. The molecule has 0 saturated heterocycles. The maximum Gasteiger partial charge on any atom is 0.262 e. The largest absolute Gasteiger partial charge is 0.495 e. The van der Waals surface area contributed by atoms with Gasteiger partial charge in [0.25, 0.3) is 5.91 Å². The highest BCUT2D eigenvalue weighted by molar-refractivity contribution is 6.34. The van der Waals surface area contributed by atoms with Gasteiger partial charge in [-0.2, -0.15) is 0 Å². The average molecular weight is 361 g/mol. The third kappa shape index (κ3) is 4.70. The summed E-state index contributed by atoms with van der Waals surface area (Å²) < 4.78 is 10.5. The first-order chi connectivity index (χ1) is 10.5. The topological polar surface area (TPSA) is 47.6 Å². The van der Waals surface area contributed by atoms with E-state index in [2.05, 4.69) is 5.32 Å². The number of carbonyl (C=O) groups is 1. The number of methoxy groups -OCH3 is 1. The Morgan fingerprint density at radius 2 is 1.73 bits per heavy atom. The van der Waals surface area contributed by atoms with Crippen molar-refractivity contribution in [1.29, 1.82) is 0 Å². The van der Waals surface area contributed by atoms with Gasteiger partial charge in [-0.25, -0.2) is 0 Å². The normalized spacial score (nSPS) is 10.2. The van der Waals surface area contributed by atoms with Gasteiger partial charge in [0.05, 0.1) is 12.8 Å². The van der Waals surface area contributed by atoms with Crippen LogP contribution in [0.5, 0.6) is 11.5 Å². The van der Waals surface area contributed by atoms with Crippen molar-refractivity contribution in [1.82, 2.24) is 0 Å². The van der Waals surface area contributed by atoms with E-state index in [1.165, 1.54) is 7.11 Å². The van der Waals surface area contributed by atoms with Crippen molar-refractivity contribution in [2.45, 2.75) is 0 Å². The van der Waals surface area contributed by atoms with Crippen LogP contribution in [0.1, 0.15) is 0 Å². The van der Waals surface area contributed by atoms with Crippen molar-refractivity contribution in [3.8, 4) is 11.5 Å². The Hall–Kier alpha value is -1.62. The standard InChI is InChI=1S/C15H12Cl3NO3/c1-21-14-3-2-9(16)7-13(14)19-15(20)8-22-12-5-10(17)4-11(18)6-12/h2-7H,8H2,1H3,(H,19,20). The molecule has 22 heavy (non-hydrogen) atoms. The number of ether oxygens (including phenoxy) is 2. The van der Waals surface area contributed by atoms with E-state index in [-0.39, 0.29) is 12.5 Å². The molecule has 0 radical (unpaired) electrons. The highest BCUT2D eigenvalue weighted by atomic mass is 35.5. The van der Waals surface area contributed by atoms with Gasteiger partial charge in [-0.15, -0.1) is 0 Å². The molecule has 0 saturated carbocycles. The quantitative estimate of drug-likeness (QED) is 0.842. The summed E-state index contributed by atoms with van der Waals surface area (Å²) in [5, 5.41) is 4.01. The zero-order valence-corrected chi connectivity index (χ0v) is 13.8. The van der Waals surface area contributed by atoms with Gasteiger partial charge in [-0.1, -0.05) is 34.8 Å². The van der Waals surface area contributed by atoms with Gasteiger partial charge in [0.15, 0.2) is 6.61 Å². The summed E-state index contributed by atoms with van der Waals surface area (Å²) in [5.41, 5.74) is 0.465. The molecule has 0 bridgehead atoms. The van der Waals surface area contributed by atoms with E-state index in [1.807, 2.05) is 0 Å². The second-order valence-electron chi connectivity index (χ2n) is 4.29. The number of hydrogen-bond acceptors (Lipinski definition) is 3. The molecule has 2 aromatic carbocycles. The SMILES string of the molecule is COc1ccc(Cl)cc1NC(=O)COc1cc(Cl)cc(Cl)c1. The Balaban J connectivity index is 2.00. The zero-order valence-electron chi connectivity index (χ0n) is 11.5. The summed E-state index contributed by atoms with van der Waals surface area (Å²) in [6.45, 7) is -0.202. The molecule has 116 valence electrons. The Morgan fingerprint density at radius 3 is 2.36 bits per heavy atom. The number of anilines is 1. The molecule has 0 atom stereocenters. The van der Waals surface area contributed by atoms with E-state index < -0.39 is 0 Å². The van der Waals surface area contributed by atoms with Crippen LogP contribution in [0.4, 0.5) is 5.69 Å². The third-order valence-electron chi connectivity index (χ3n) is 2.64. The number of nitrogens with one attached hydrogen (secondary N) is 1. The summed E-state index contributed by atoms with van der Waals surface area (Å²) in [6, 6.07) is 9.64. The number of amides is 1. The van der Waals surface area contributed by atoms with Crippen LogP contribution in [0.3, 0.4) is 0 Å². The summed E-state index contributed by atoms with van der Waals surface area (Å²) in [6.07, 6.45) is 0. The number of rotatable bonds is 5. The second kappa shape index (κ2) is 7.58. The lowest BCUT2D eigenvalue weighted by Crippen LogP contribution is -2.20. The Bertz CT molecular complexity index is 671. The minimum absolute atomic E-state index is 0.202. The lowest BCUT2D eigenvalue weighted by atomic mass is 10.3. The smallest absolute Gasteiger partial charge is 0.262 e. The van der Waals surface area contributed by atoms with Crippen molar-refractivity contribution < 1.29 is 14.3 Å². The van der Waals surface area contributed by atoms with Crippen molar-refractivity contribution in [3.05, 3.63) is 51.5 Å². The van der Waals surface area contributed by atoms with Crippen molar-refractivity contribution in [2.75, 3.05) is 19.0 Å². The third-order valence-corrected chi connectivity index (χ3v) is 3.31. The fourth-order valence-corrected chi connectivity index (χ4v) is 2.40. The zero-order chi connectivity index (χ0) is 16.1. The first-order valence-corrected chi connectivity index (χ1v) is 7.33. The predicted molar refractivity (Wildman–Crippen MR) is 88.6 cm³/mol. The molecule has 0 unspecified atom stereocenters. The maximum atomic E-state index is 11.9. The van der Waals surface area contributed by atoms with Crippen LogP contribution >= 0.6 is 34.8 Å². The van der Waals surface area contributed by atoms with E-state index >= 15 is 0 Å². The molecule has 1 amide bonds. The molecule has 0 aliphatic heterocycles. The van der Waals surface area contributed by atoms with Crippen molar-refractivity contribution in [2.24, 2.45) is 0 Å². The molecule has 0 fully saturated rings. The minimum Gasteiger partial charge on any atom is -0.495 e. The minimum atomic E-state index is -0.364. The van der Waals surface area contributed by atoms with Gasteiger partial charge in [0, 0.05) is 15.1 Å². The van der Waals surface area contributed by atoms with E-state index in [0.29, 0.717) is 32.3 Å². The lowest BCUT2D eigenvalue weighted by Gasteiger charge is -2.11. The first kappa shape index (κ1) is 16.7. The summed E-state index contributed by atoms with van der Waals surface area (Å²) in [4.78, 5) is 11.9. The summed E-state index contributed by atoms with van der Waals surface area (Å²) >= 11 is 17.6. The monoisotopic (exact) mass is 359 g/mol. The number of halogens is 3. The van der Waals surface area contributed by atoms with E-state index in [9.17, 15) is 4.79 Å². The second-order valence-corrected chi connectivity index (χ2v) is 5.60. The van der Waals surface area contributed by atoms with Gasteiger partial charge in [-0.3, -0.25) is 4.79 Å². The molecule has 2 aromatic rings. The summed E-state index contributed by atoms with van der Waals surface area (Å²) in [7, 11) is 1.50. The number of carbonyl (C=O) groups excluding carboxylic acids is 1. The maximum absolute atomic E-state index is 11.9. The van der Waals surface area contributed by atoms with Gasteiger partial charge >= 0.3 is 0 Å². The van der Waals surface area contributed by atoms with Gasteiger partial charge in [0.1, 0.15) is 11.5 Å². The Kier molecular flexibility index (Phi) is 5.77. The van der Waals surface area contributed by atoms with Gasteiger partial charge < -0.3 is 14.8 Å². The van der Waals surface area contributed by atoms with Crippen molar-refractivity contribution in [3.63, 3.8) is 0 Å². The van der Waals surface area contributed by atoms with Gasteiger partial charge in [0.2, 0.25) is 0 Å². The van der Waals surface area contributed by atoms with E-state index in [4.69, 9.17) is 44.3 Å². The number of hydrogen-bond donors (Lipinski definition) is 1. The molecule has 0 aliphatic rings. The lowest BCUT2D eigenvalue weighted by molar-refractivity contribution is -0.118. The van der Waals surface area contributed by atoms with E-state index in [1.54, 1.807) is 36.4 Å². The van der Waals surface area contributed by atoms with Crippen LogP contribution in [0, 0.1) is 0 Å². The van der Waals surface area contributed by atoms with E-state index in [0.717, 1.165) is 0 Å². The van der Waals surface area contributed by atoms with Crippen LogP contribution in [0.2, 0.25) is 15.1 Å². The molecule has 0 aliphatic carbocycles. The molecular weight excluding hydrogens is 349 g/mol. The molecule has 0 aromatic heterocycles. The molecule has 7 heteroatoms. The van der Waals surface area contributed by atoms with Crippen LogP contribution in [0.25, 0.3) is 0 Å². The van der Waals surface area contributed by atoms with Crippen molar-refractivity contribution >= 4 is 46.4 Å². The molecule has 2 rings (SSSR count). The molecular formula is C15H12Cl3NO3. The first-order valence-electron chi connectivity index (χ1n) is 6.20. The fourth-order valence-electron chi connectivity index (χ4n) is 1.72. The van der Waals surface area contributed by atoms with Gasteiger partial charge in [-0.05, 0) is 36.4 Å². The Labute approximate surface area is 142 Å². The molecule has 0 heterocycles. The molecule has 1 N–H and O–H groups in total. The average Bonchev–Trinajstić information content (AvgIpc) is 2.44. The van der Waals surface area contributed by atoms with Crippen LogP contribution in [-0.4, -0.2) is 19.6 Å².